The van der Waals surface area contributed by atoms with E-state index in [0.29, 0.717) is 0 Å². The maximum atomic E-state index is 15.9. The molecule has 2 saturated carbocycles. The van der Waals surface area contributed by atoms with Crippen LogP contribution in [0, 0.1) is 16.7 Å². The van der Waals surface area contributed by atoms with Crippen LogP contribution in [0.4, 0.5) is 9.59 Å². The molecular formula is C49H61NO17S. The van der Waals surface area contributed by atoms with Gasteiger partial charge in [0.1, 0.15) is 47.2 Å². The van der Waals surface area contributed by atoms with E-state index >= 15 is 4.79 Å². The number of esters is 3. The van der Waals surface area contributed by atoms with E-state index in [0.717, 1.165) is 6.92 Å². The van der Waals surface area contributed by atoms with Crippen LogP contribution in [-0.2, 0) is 51.8 Å². The summed E-state index contributed by atoms with van der Waals surface area (Å²) in [6.07, 6.45) is -12.3. The number of amides is 1. The minimum atomic E-state index is -2.50. The highest BCUT2D eigenvalue weighted by atomic mass is 32.2. The minimum Gasteiger partial charge on any atom is -0.456 e. The number of nitrogens with one attached hydrogen (secondary N) is 1. The van der Waals surface area contributed by atoms with Crippen molar-refractivity contribution in [3.8, 4) is 0 Å². The van der Waals surface area contributed by atoms with E-state index < -0.39 is 129 Å². The van der Waals surface area contributed by atoms with Gasteiger partial charge in [0.25, 0.3) is 0 Å². The Hall–Kier alpha value is -5.18. The van der Waals surface area contributed by atoms with E-state index in [-0.39, 0.29) is 47.3 Å². The van der Waals surface area contributed by atoms with Gasteiger partial charge in [-0.15, -0.1) is 0 Å². The number of carbonyl (C=O) groups excluding carboxylic acids is 7. The van der Waals surface area contributed by atoms with Crippen LogP contribution in [0.2, 0.25) is 0 Å². The molecule has 68 heavy (non-hydrogen) atoms. The van der Waals surface area contributed by atoms with Gasteiger partial charge >= 0.3 is 29.3 Å². The first-order valence-electron chi connectivity index (χ1n) is 22.2. The number of hydrogen-bond donors (Lipinski definition) is 4. The van der Waals surface area contributed by atoms with Crippen molar-refractivity contribution in [3.05, 3.63) is 82.9 Å². The normalized spacial score (nSPS) is 30.6. The molecule has 3 fully saturated rings. The molecule has 1 saturated heterocycles. The van der Waals surface area contributed by atoms with Crippen LogP contribution in [0.25, 0.3) is 0 Å². The standard InChI is InChI=1S/C49H61NO17S/c1-25-30(62-41(57)35(54)34(28-18-14-12-15-19-28)50-42(58)66-44(4,5)6)23-49(60)39(64-40(56)29-20-16-13-17-21-29)37-47(11,31(53)22-32-48(37,24-61-32)65-27(3)52)38(55)36(33(25)45(49,7)8)63-43(59)68-67-46(9,10)26(2)51/h12-21,30-32,34-37,39,53-54,60H,22-24H2,1-11H3,(H,50,58)/t30-,31-,32+,34-,35+,36+,37?,39-,47+,48-,49+/m0/s1. The molecule has 0 aromatic heterocycles. The number of aliphatic hydroxyl groups is 3. The molecular weight excluding hydrogens is 907 g/mol. The van der Waals surface area contributed by atoms with Crippen LogP contribution in [0.5, 0.6) is 0 Å². The molecule has 4 aliphatic rings. The minimum absolute atomic E-state index is 0.0268. The van der Waals surface area contributed by atoms with Crippen molar-refractivity contribution in [1.82, 2.24) is 5.32 Å². The van der Waals surface area contributed by atoms with Crippen LogP contribution < -0.4 is 5.32 Å². The first-order valence-corrected chi connectivity index (χ1v) is 23.0. The fraction of sp³-hybridized carbons (Fsp3) is 0.571. The molecule has 2 aromatic carbocycles. The van der Waals surface area contributed by atoms with Crippen molar-refractivity contribution in [2.24, 2.45) is 16.7 Å². The van der Waals surface area contributed by atoms with Crippen LogP contribution in [0.3, 0.4) is 0 Å². The summed E-state index contributed by atoms with van der Waals surface area (Å²) < 4.78 is 41.5. The molecule has 0 spiro atoms. The fourth-order valence-electron chi connectivity index (χ4n) is 9.95. The number of ether oxygens (including phenoxy) is 6. The van der Waals surface area contributed by atoms with Crippen molar-refractivity contribution in [1.29, 1.82) is 0 Å². The van der Waals surface area contributed by atoms with Gasteiger partial charge in [-0.25, -0.2) is 19.2 Å². The predicted octanol–water partition coefficient (Wildman–Crippen LogP) is 5.44. The molecule has 1 unspecified atom stereocenters. The van der Waals surface area contributed by atoms with Crippen molar-refractivity contribution in [2.45, 2.75) is 154 Å². The SMILES string of the molecule is CC(=O)O[C@@]12CO[C@@H]1C[C@H](O)[C@@]1(C)C(=O)[C@H](OC(=O)SOC(C)(C)C(C)=O)C3=C(C)[C@@H](OC(=O)[C@H](O)[C@@H](NC(=O)OC(C)(C)C)c4ccccc4)C[C@@](O)([C@@H](OC(=O)c4ccccc4)C12)C3(C)C. The Morgan fingerprint density at radius 3 is 2.04 bits per heavy atom. The van der Waals surface area contributed by atoms with E-state index in [2.05, 4.69) is 5.32 Å². The van der Waals surface area contributed by atoms with E-state index in [1.54, 1.807) is 69.3 Å². The number of carbonyl (C=O) groups is 7. The molecule has 2 bridgehead atoms. The van der Waals surface area contributed by atoms with Gasteiger partial charge in [0.2, 0.25) is 0 Å². The second-order valence-corrected chi connectivity index (χ2v) is 20.8. The lowest BCUT2D eigenvalue weighted by Crippen LogP contribution is -2.82. The topological polar surface area (TPSA) is 257 Å². The largest absolute Gasteiger partial charge is 0.456 e. The number of alkyl carbamates (subject to hydrolysis) is 1. The van der Waals surface area contributed by atoms with Gasteiger partial charge in [-0.3, -0.25) is 18.6 Å². The highest BCUT2D eigenvalue weighted by molar-refractivity contribution is 8.09. The highest BCUT2D eigenvalue weighted by Crippen LogP contribution is 2.64. The second kappa shape index (κ2) is 19.0. The first-order chi connectivity index (χ1) is 31.5. The number of benzene rings is 2. The van der Waals surface area contributed by atoms with E-state index in [1.165, 1.54) is 60.6 Å². The predicted molar refractivity (Wildman–Crippen MR) is 241 cm³/mol. The van der Waals surface area contributed by atoms with Crippen LogP contribution >= 0.6 is 12.0 Å². The molecule has 19 heteroatoms. The Labute approximate surface area is 398 Å². The first kappa shape index (κ1) is 52.2. The van der Waals surface area contributed by atoms with Crippen LogP contribution in [0.1, 0.15) is 111 Å². The third kappa shape index (κ3) is 9.57. The molecule has 1 heterocycles. The molecule has 18 nitrogen and oxygen atoms in total. The summed E-state index contributed by atoms with van der Waals surface area (Å²) >= 11 is 0.127. The molecule has 3 aliphatic carbocycles. The Morgan fingerprint density at radius 2 is 1.50 bits per heavy atom. The van der Waals surface area contributed by atoms with Crippen molar-refractivity contribution >= 4 is 52.9 Å². The summed E-state index contributed by atoms with van der Waals surface area (Å²) in [5.74, 6) is -6.20. The molecule has 1 aliphatic heterocycles. The van der Waals surface area contributed by atoms with E-state index in [1.807, 2.05) is 0 Å². The average molecular weight is 968 g/mol. The highest BCUT2D eigenvalue weighted by Gasteiger charge is 2.78. The Bertz CT molecular complexity index is 2350. The van der Waals surface area contributed by atoms with E-state index in [9.17, 15) is 44.1 Å². The average Bonchev–Trinajstić information content (AvgIpc) is 3.25. The quantitative estimate of drug-likeness (QED) is 0.0894. The van der Waals surface area contributed by atoms with Crippen LogP contribution in [-0.4, -0.2) is 122 Å². The third-order valence-corrected chi connectivity index (χ3v) is 14.7. The van der Waals surface area contributed by atoms with Crippen molar-refractivity contribution in [2.75, 3.05) is 6.61 Å². The fourth-order valence-corrected chi connectivity index (χ4v) is 10.5. The van der Waals surface area contributed by atoms with Gasteiger partial charge in [0.05, 0.1) is 35.6 Å². The number of fused-ring (bicyclic) bond motifs is 5. The number of ketones is 2. The Kier molecular flexibility index (Phi) is 14.6. The lowest BCUT2D eigenvalue weighted by molar-refractivity contribution is -0.345. The Morgan fingerprint density at radius 1 is 0.897 bits per heavy atom. The molecule has 6 rings (SSSR count). The smallest absolute Gasteiger partial charge is 0.408 e. The molecule has 370 valence electrons. The number of rotatable bonds is 12. The van der Waals surface area contributed by atoms with Crippen molar-refractivity contribution < 1.29 is 81.5 Å². The zero-order chi connectivity index (χ0) is 50.5. The van der Waals surface area contributed by atoms with Gasteiger partial charge in [-0.1, -0.05) is 62.4 Å². The number of aliphatic hydroxyl groups excluding tert-OH is 2. The van der Waals surface area contributed by atoms with Crippen molar-refractivity contribution in [3.63, 3.8) is 0 Å². The molecule has 2 aromatic rings. The summed E-state index contributed by atoms with van der Waals surface area (Å²) in [6, 6.07) is 14.3. The van der Waals surface area contributed by atoms with Crippen LogP contribution in [0.15, 0.2) is 71.8 Å². The summed E-state index contributed by atoms with van der Waals surface area (Å²) in [4.78, 5) is 97.2. The lowest BCUT2D eigenvalue weighted by Gasteiger charge is -2.67. The maximum absolute atomic E-state index is 15.9. The lowest BCUT2D eigenvalue weighted by atomic mass is 9.44. The van der Waals surface area contributed by atoms with Gasteiger partial charge in [0.15, 0.2) is 29.4 Å². The molecule has 1 amide bonds. The summed E-state index contributed by atoms with van der Waals surface area (Å²) in [5.41, 5.74) is -10.6. The Balaban J connectivity index is 1.56. The molecule has 11 atom stereocenters. The number of hydrogen-bond acceptors (Lipinski definition) is 18. The summed E-state index contributed by atoms with van der Waals surface area (Å²) in [5, 5.41) is 39.2. The molecule has 4 N–H and O–H groups in total. The second-order valence-electron chi connectivity index (χ2n) is 20.2. The number of Topliss-reactive ketones (excluding diaryl/α,β-unsaturated/α-hetero) is 2. The third-order valence-electron chi connectivity index (χ3n) is 13.9. The monoisotopic (exact) mass is 967 g/mol. The van der Waals surface area contributed by atoms with Gasteiger partial charge in [0, 0.05) is 25.2 Å². The van der Waals surface area contributed by atoms with E-state index in [4.69, 9.17) is 32.6 Å². The van der Waals surface area contributed by atoms with Gasteiger partial charge in [-0.2, -0.15) is 0 Å². The maximum Gasteiger partial charge on any atom is 0.408 e. The van der Waals surface area contributed by atoms with Gasteiger partial charge in [-0.05, 0) is 84.2 Å². The zero-order valence-corrected chi connectivity index (χ0v) is 40.8. The molecule has 0 radical (unpaired) electrons. The zero-order valence-electron chi connectivity index (χ0n) is 40.0. The summed E-state index contributed by atoms with van der Waals surface area (Å²) in [7, 11) is 0. The summed E-state index contributed by atoms with van der Waals surface area (Å²) in [6.45, 7) is 15.5. The van der Waals surface area contributed by atoms with Gasteiger partial charge < -0.3 is 49.1 Å².